The third-order valence-electron chi connectivity index (χ3n) is 16.4. The molecule has 78 heavy (non-hydrogen) atoms. The number of nitriles is 2. The third-order valence-corrected chi connectivity index (χ3v) is 18.7. The Morgan fingerprint density at radius 2 is 0.744 bits per heavy atom. The Morgan fingerprint density at radius 3 is 1.18 bits per heavy atom. The molecule has 0 saturated heterocycles. The lowest BCUT2D eigenvalue weighted by Crippen LogP contribution is -2.31. The lowest BCUT2D eigenvalue weighted by atomic mass is 9.82. The Bertz CT molecular complexity index is 5030. The highest BCUT2D eigenvalue weighted by atomic mass is 32.1. The first-order valence-corrected chi connectivity index (χ1v) is 27.9. The lowest BCUT2D eigenvalue weighted by Gasteiger charge is -2.37. The van der Waals surface area contributed by atoms with Crippen molar-refractivity contribution in [3.63, 3.8) is 0 Å². The standard InChI is InChI=1S/C71H43N5S2/c1-71(2,76-58-29-11-5-21-46(58)47-22-6-12-30-59(47)76)66-69(74-56-27-9-3-23-48(56)50-33-35-62-64(67(50)74)52-25-7-13-31-60(52)77-62)54(44-19-15-17-42(37-44)40-72)39-55(45-20-16-18-43(38-45)41-73)70(66)75-57-28-10-4-24-49(57)51-34-36-63-65(68(51)75)53-26-8-14-32-61(53)78-63/h3-39H,1-2H3. The monoisotopic (exact) mass is 1030 g/mol. The van der Waals surface area contributed by atoms with Crippen molar-refractivity contribution in [2.24, 2.45) is 0 Å². The van der Waals surface area contributed by atoms with Gasteiger partial charge >= 0.3 is 0 Å². The van der Waals surface area contributed by atoms with E-state index in [9.17, 15) is 10.5 Å². The van der Waals surface area contributed by atoms with Crippen molar-refractivity contribution >= 4 is 128 Å². The van der Waals surface area contributed by atoms with E-state index in [1.807, 2.05) is 46.9 Å². The summed E-state index contributed by atoms with van der Waals surface area (Å²) < 4.78 is 12.6. The van der Waals surface area contributed by atoms with Gasteiger partial charge in [-0.1, -0.05) is 146 Å². The first-order chi connectivity index (χ1) is 38.4. The summed E-state index contributed by atoms with van der Waals surface area (Å²) in [6.45, 7) is 4.82. The highest BCUT2D eigenvalue weighted by molar-refractivity contribution is 7.26. The van der Waals surface area contributed by atoms with E-state index in [0.29, 0.717) is 11.1 Å². The Kier molecular flexibility index (Phi) is 9.49. The highest BCUT2D eigenvalue weighted by Crippen LogP contribution is 2.54. The maximum Gasteiger partial charge on any atom is 0.0991 e. The van der Waals surface area contributed by atoms with Crippen molar-refractivity contribution in [2.45, 2.75) is 19.4 Å². The number of fused-ring (bicyclic) bond motifs is 17. The van der Waals surface area contributed by atoms with E-state index in [2.05, 4.69) is 240 Å². The molecule has 7 heteroatoms. The summed E-state index contributed by atoms with van der Waals surface area (Å²) in [4.78, 5) is 0. The van der Waals surface area contributed by atoms with E-state index in [-0.39, 0.29) is 0 Å². The van der Waals surface area contributed by atoms with Gasteiger partial charge in [0.1, 0.15) is 0 Å². The maximum absolute atomic E-state index is 10.8. The van der Waals surface area contributed by atoms with Crippen LogP contribution in [0.25, 0.3) is 139 Å². The van der Waals surface area contributed by atoms with Crippen molar-refractivity contribution in [2.75, 3.05) is 0 Å². The Morgan fingerprint density at radius 1 is 0.359 bits per heavy atom. The largest absolute Gasteiger partial charge is 0.330 e. The number of hydrogen-bond donors (Lipinski definition) is 0. The second-order valence-electron chi connectivity index (χ2n) is 20.9. The quantitative estimate of drug-likeness (QED) is 0.167. The zero-order valence-electron chi connectivity index (χ0n) is 42.4. The smallest absolute Gasteiger partial charge is 0.0991 e. The van der Waals surface area contributed by atoms with Crippen LogP contribution in [0, 0.1) is 22.7 Å². The van der Waals surface area contributed by atoms with Crippen molar-refractivity contribution in [1.82, 2.24) is 13.7 Å². The summed E-state index contributed by atoms with van der Waals surface area (Å²) in [7, 11) is 0. The molecule has 16 rings (SSSR count). The normalized spacial score (nSPS) is 12.2. The van der Waals surface area contributed by atoms with Crippen LogP contribution in [-0.2, 0) is 5.54 Å². The Hall–Kier alpha value is -9.76. The van der Waals surface area contributed by atoms with Crippen molar-refractivity contribution in [1.29, 1.82) is 10.5 Å². The molecule has 11 aromatic carbocycles. The number of benzene rings is 11. The predicted octanol–water partition coefficient (Wildman–Crippen LogP) is 19.6. The van der Waals surface area contributed by atoms with Gasteiger partial charge in [0, 0.05) is 100 Å². The van der Waals surface area contributed by atoms with Gasteiger partial charge in [0.05, 0.1) is 62.2 Å². The first kappa shape index (κ1) is 44.5. The van der Waals surface area contributed by atoms with Gasteiger partial charge in [-0.25, -0.2) is 0 Å². The number of aromatic nitrogens is 3. The van der Waals surface area contributed by atoms with Gasteiger partial charge in [-0.05, 0) is 104 Å². The zero-order chi connectivity index (χ0) is 52.0. The summed E-state index contributed by atoms with van der Waals surface area (Å²) in [5.74, 6) is 0. The summed E-state index contributed by atoms with van der Waals surface area (Å²) in [5, 5.41) is 33.3. The molecular weight excluding hydrogens is 987 g/mol. The van der Waals surface area contributed by atoms with Gasteiger partial charge < -0.3 is 13.7 Å². The zero-order valence-corrected chi connectivity index (χ0v) is 44.0. The molecule has 0 spiro atoms. The summed E-state index contributed by atoms with van der Waals surface area (Å²) >= 11 is 3.67. The van der Waals surface area contributed by atoms with Gasteiger partial charge in [-0.15, -0.1) is 22.7 Å². The average molecular weight is 1030 g/mol. The third kappa shape index (κ3) is 6.14. The van der Waals surface area contributed by atoms with Crippen LogP contribution in [0.1, 0.15) is 30.5 Å². The van der Waals surface area contributed by atoms with Crippen LogP contribution in [0.5, 0.6) is 0 Å². The van der Waals surface area contributed by atoms with E-state index in [0.717, 1.165) is 93.8 Å². The average Bonchev–Trinajstić information content (AvgIpc) is 3.82. The molecule has 0 saturated carbocycles. The van der Waals surface area contributed by atoms with Crippen LogP contribution in [0.15, 0.2) is 224 Å². The molecule has 0 fully saturated rings. The molecule has 0 bridgehead atoms. The minimum Gasteiger partial charge on any atom is -0.330 e. The molecule has 5 aromatic heterocycles. The summed E-state index contributed by atoms with van der Waals surface area (Å²) in [5.41, 5.74) is 13.7. The van der Waals surface area contributed by atoms with Gasteiger partial charge in [-0.3, -0.25) is 0 Å². The van der Waals surface area contributed by atoms with Crippen LogP contribution < -0.4 is 0 Å². The topological polar surface area (TPSA) is 62.4 Å². The van der Waals surface area contributed by atoms with Crippen LogP contribution >= 0.6 is 22.7 Å². The molecule has 0 aliphatic carbocycles. The van der Waals surface area contributed by atoms with Crippen LogP contribution in [0.2, 0.25) is 0 Å². The van der Waals surface area contributed by atoms with Crippen molar-refractivity contribution < 1.29 is 0 Å². The van der Waals surface area contributed by atoms with E-state index >= 15 is 0 Å². The molecular formula is C71H43N5S2. The SMILES string of the molecule is CC(C)(c1c(-n2c3ccccc3c3ccc4sc5ccccc5c4c32)c(-c2cccc(C#N)c2)cc(-c2cccc(C#N)c2)c1-n1c2ccccc2c2ccc3sc4ccccc4c3c21)n1c2ccccc2c2ccccc21. The number of para-hydroxylation sites is 4. The minimum absolute atomic E-state index is 0.571. The first-order valence-electron chi connectivity index (χ1n) is 26.3. The van der Waals surface area contributed by atoms with Crippen molar-refractivity contribution in [3.8, 4) is 45.8 Å². The van der Waals surface area contributed by atoms with Gasteiger partial charge in [0.25, 0.3) is 0 Å². The van der Waals surface area contributed by atoms with Crippen LogP contribution in [-0.4, -0.2) is 13.7 Å². The van der Waals surface area contributed by atoms with E-state index < -0.39 is 5.54 Å². The van der Waals surface area contributed by atoms with Gasteiger partial charge in [0.2, 0.25) is 0 Å². The number of nitrogens with zero attached hydrogens (tertiary/aromatic N) is 5. The fourth-order valence-electron chi connectivity index (χ4n) is 13.3. The second kappa shape index (κ2) is 16.6. The molecule has 0 aliphatic heterocycles. The van der Waals surface area contributed by atoms with Gasteiger partial charge in [0.15, 0.2) is 0 Å². The summed E-state index contributed by atoms with van der Waals surface area (Å²) in [6, 6.07) is 86.0. The fraction of sp³-hybridized carbons (Fsp3) is 0.0423. The molecule has 0 atom stereocenters. The minimum atomic E-state index is -0.886. The molecule has 0 N–H and O–H groups in total. The number of rotatable bonds is 6. The molecule has 0 unspecified atom stereocenters. The molecule has 0 aliphatic rings. The summed E-state index contributed by atoms with van der Waals surface area (Å²) in [6.07, 6.45) is 0. The number of thiophene rings is 2. The van der Waals surface area contributed by atoms with Crippen molar-refractivity contribution in [3.05, 3.63) is 241 Å². The van der Waals surface area contributed by atoms with Gasteiger partial charge in [-0.2, -0.15) is 10.5 Å². The van der Waals surface area contributed by atoms with E-state index in [1.165, 1.54) is 51.1 Å². The van der Waals surface area contributed by atoms with E-state index in [4.69, 9.17) is 0 Å². The maximum atomic E-state index is 10.8. The molecule has 0 amide bonds. The Balaban J connectivity index is 1.25. The van der Waals surface area contributed by atoms with Crippen LogP contribution in [0.4, 0.5) is 0 Å². The fourth-order valence-corrected chi connectivity index (χ4v) is 15.5. The molecule has 5 heterocycles. The van der Waals surface area contributed by atoms with Crippen LogP contribution in [0.3, 0.4) is 0 Å². The van der Waals surface area contributed by atoms with E-state index in [1.54, 1.807) is 0 Å². The molecule has 16 aromatic rings. The molecule has 364 valence electrons. The Labute approximate surface area is 456 Å². The number of hydrogen-bond acceptors (Lipinski definition) is 4. The molecule has 0 radical (unpaired) electrons. The lowest BCUT2D eigenvalue weighted by molar-refractivity contribution is 0.462. The molecule has 5 nitrogen and oxygen atoms in total. The second-order valence-corrected chi connectivity index (χ2v) is 23.1. The highest BCUT2D eigenvalue weighted by Gasteiger charge is 2.39. The predicted molar refractivity (Wildman–Crippen MR) is 329 cm³/mol.